The minimum absolute atomic E-state index is 0.207. The Morgan fingerprint density at radius 1 is 1.53 bits per heavy atom. The normalized spacial score (nSPS) is 11.9. The molecule has 0 saturated heterocycles. The second-order valence-corrected chi connectivity index (χ2v) is 3.69. The highest BCUT2D eigenvalue weighted by Crippen LogP contribution is 2.05. The van der Waals surface area contributed by atoms with Crippen LogP contribution in [0.1, 0.15) is 36.0 Å². The van der Waals surface area contributed by atoms with Gasteiger partial charge >= 0.3 is 0 Å². The van der Waals surface area contributed by atoms with Crippen LogP contribution in [0.5, 0.6) is 0 Å². The molecular weight excluding hydrogens is 222 g/mol. The van der Waals surface area contributed by atoms with Gasteiger partial charge in [-0.3, -0.25) is 9.59 Å². The van der Waals surface area contributed by atoms with E-state index in [1.54, 1.807) is 14.0 Å². The van der Waals surface area contributed by atoms with Crippen LogP contribution in [0, 0.1) is 6.92 Å². The molecule has 1 heterocycles. The first-order chi connectivity index (χ1) is 8.10. The van der Waals surface area contributed by atoms with E-state index in [4.69, 9.17) is 4.42 Å². The van der Waals surface area contributed by atoms with E-state index < -0.39 is 11.9 Å². The van der Waals surface area contributed by atoms with Gasteiger partial charge in [-0.05, 0) is 13.3 Å². The van der Waals surface area contributed by atoms with Crippen molar-refractivity contribution in [1.29, 1.82) is 0 Å². The van der Waals surface area contributed by atoms with Gasteiger partial charge < -0.3 is 15.1 Å². The molecule has 1 aromatic heterocycles. The summed E-state index contributed by atoms with van der Waals surface area (Å²) in [4.78, 5) is 27.1. The number of rotatable bonds is 5. The minimum Gasteiger partial charge on any atom is -0.448 e. The number of carbonyl (C=O) groups excluding carboxylic acids is 2. The Kier molecular flexibility index (Phi) is 4.68. The molecule has 1 atom stereocenters. The first-order valence-electron chi connectivity index (χ1n) is 5.52. The Balaban J connectivity index is 2.71. The van der Waals surface area contributed by atoms with Gasteiger partial charge in [0.15, 0.2) is 12.1 Å². The van der Waals surface area contributed by atoms with E-state index >= 15 is 0 Å². The van der Waals surface area contributed by atoms with Crippen molar-refractivity contribution >= 4 is 11.8 Å². The van der Waals surface area contributed by atoms with Crippen molar-refractivity contribution in [2.45, 2.75) is 32.7 Å². The summed E-state index contributed by atoms with van der Waals surface area (Å²) < 4.78 is 4.94. The fourth-order valence-electron chi connectivity index (χ4n) is 1.48. The maximum Gasteiger partial charge on any atom is 0.274 e. The highest BCUT2D eigenvalue weighted by Gasteiger charge is 2.21. The summed E-state index contributed by atoms with van der Waals surface area (Å²) in [6.07, 6.45) is 2.59. The molecule has 0 saturated carbocycles. The molecule has 6 heteroatoms. The Morgan fingerprint density at radius 2 is 2.24 bits per heavy atom. The monoisotopic (exact) mass is 239 g/mol. The van der Waals surface area contributed by atoms with Gasteiger partial charge in [-0.15, -0.1) is 0 Å². The van der Waals surface area contributed by atoms with Crippen LogP contribution in [0.3, 0.4) is 0 Å². The predicted octanol–water partition coefficient (Wildman–Crippen LogP) is 0.628. The maximum atomic E-state index is 11.8. The van der Waals surface area contributed by atoms with Crippen molar-refractivity contribution < 1.29 is 14.0 Å². The standard InChI is InChI=1S/C11H17N3O3/c1-4-5-8(10(15)12-3)14-11(16)9-7(2)17-6-13-9/h6,8H,4-5H2,1-3H3,(H,12,15)(H,14,16)/t8-/m1/s1. The van der Waals surface area contributed by atoms with Crippen molar-refractivity contribution in [2.75, 3.05) is 7.05 Å². The lowest BCUT2D eigenvalue weighted by molar-refractivity contribution is -0.122. The van der Waals surface area contributed by atoms with Gasteiger partial charge in [0.1, 0.15) is 11.8 Å². The molecular formula is C11H17N3O3. The van der Waals surface area contributed by atoms with Crippen molar-refractivity contribution in [3.63, 3.8) is 0 Å². The van der Waals surface area contributed by atoms with Crippen molar-refractivity contribution in [3.8, 4) is 0 Å². The van der Waals surface area contributed by atoms with Crippen LogP contribution in [0.25, 0.3) is 0 Å². The van der Waals surface area contributed by atoms with Crippen LogP contribution in [0.2, 0.25) is 0 Å². The number of carbonyl (C=O) groups is 2. The van der Waals surface area contributed by atoms with Crippen molar-refractivity contribution in [3.05, 3.63) is 17.8 Å². The van der Waals surface area contributed by atoms with Crippen LogP contribution in [0.4, 0.5) is 0 Å². The van der Waals surface area contributed by atoms with E-state index in [2.05, 4.69) is 15.6 Å². The number of aryl methyl sites for hydroxylation is 1. The lowest BCUT2D eigenvalue weighted by atomic mass is 10.1. The summed E-state index contributed by atoms with van der Waals surface area (Å²) >= 11 is 0. The fraction of sp³-hybridized carbons (Fsp3) is 0.545. The van der Waals surface area contributed by atoms with E-state index in [0.29, 0.717) is 12.2 Å². The molecule has 1 rings (SSSR count). The molecule has 0 aliphatic heterocycles. The van der Waals surface area contributed by atoms with Crippen molar-refractivity contribution in [2.24, 2.45) is 0 Å². The number of nitrogens with zero attached hydrogens (tertiary/aromatic N) is 1. The van der Waals surface area contributed by atoms with E-state index in [9.17, 15) is 9.59 Å². The lowest BCUT2D eigenvalue weighted by Crippen LogP contribution is -2.45. The Bertz CT molecular complexity index is 400. The fourth-order valence-corrected chi connectivity index (χ4v) is 1.48. The number of nitrogens with one attached hydrogen (secondary N) is 2. The van der Waals surface area contributed by atoms with E-state index in [-0.39, 0.29) is 11.6 Å². The largest absolute Gasteiger partial charge is 0.448 e. The minimum atomic E-state index is -0.534. The Labute approximate surface area is 99.8 Å². The molecule has 94 valence electrons. The summed E-state index contributed by atoms with van der Waals surface area (Å²) in [6.45, 7) is 3.60. The van der Waals surface area contributed by atoms with Gasteiger partial charge in [-0.1, -0.05) is 13.3 Å². The zero-order valence-electron chi connectivity index (χ0n) is 10.2. The summed E-state index contributed by atoms with van der Waals surface area (Å²) in [6, 6.07) is -0.534. The summed E-state index contributed by atoms with van der Waals surface area (Å²) in [7, 11) is 1.54. The first-order valence-corrected chi connectivity index (χ1v) is 5.52. The maximum absolute atomic E-state index is 11.8. The number of aromatic nitrogens is 1. The van der Waals surface area contributed by atoms with Crippen LogP contribution >= 0.6 is 0 Å². The number of oxazole rings is 1. The van der Waals surface area contributed by atoms with Gasteiger partial charge in [0.25, 0.3) is 5.91 Å². The lowest BCUT2D eigenvalue weighted by Gasteiger charge is -2.15. The second kappa shape index (κ2) is 6.03. The highest BCUT2D eigenvalue weighted by molar-refractivity contribution is 5.96. The molecule has 6 nitrogen and oxygen atoms in total. The van der Waals surface area contributed by atoms with Crippen molar-refractivity contribution in [1.82, 2.24) is 15.6 Å². The molecule has 0 radical (unpaired) electrons. The predicted molar refractivity (Wildman–Crippen MR) is 61.5 cm³/mol. The number of hydrogen-bond donors (Lipinski definition) is 2. The van der Waals surface area contributed by atoms with Crippen LogP contribution < -0.4 is 10.6 Å². The number of likely N-dealkylation sites (N-methyl/N-ethyl adjacent to an activating group) is 1. The smallest absolute Gasteiger partial charge is 0.274 e. The number of hydrogen-bond acceptors (Lipinski definition) is 4. The molecule has 0 bridgehead atoms. The highest BCUT2D eigenvalue weighted by atomic mass is 16.3. The Morgan fingerprint density at radius 3 is 2.71 bits per heavy atom. The quantitative estimate of drug-likeness (QED) is 0.789. The van der Waals surface area contributed by atoms with Gasteiger partial charge in [0.2, 0.25) is 5.91 Å². The van der Waals surface area contributed by atoms with Gasteiger partial charge in [0.05, 0.1) is 0 Å². The van der Waals surface area contributed by atoms with Gasteiger partial charge in [0, 0.05) is 7.05 Å². The zero-order valence-corrected chi connectivity index (χ0v) is 10.2. The zero-order chi connectivity index (χ0) is 12.8. The van der Waals surface area contributed by atoms with Crippen LogP contribution in [0.15, 0.2) is 10.8 Å². The van der Waals surface area contributed by atoms with Crippen LogP contribution in [-0.2, 0) is 4.79 Å². The first kappa shape index (κ1) is 13.2. The molecule has 2 amide bonds. The van der Waals surface area contributed by atoms with E-state index in [1.807, 2.05) is 6.92 Å². The molecule has 1 aromatic rings. The molecule has 17 heavy (non-hydrogen) atoms. The average molecular weight is 239 g/mol. The second-order valence-electron chi connectivity index (χ2n) is 3.69. The average Bonchev–Trinajstić information content (AvgIpc) is 2.73. The molecule has 2 N–H and O–H groups in total. The summed E-state index contributed by atoms with van der Waals surface area (Å²) in [5, 5.41) is 5.16. The molecule has 0 unspecified atom stereocenters. The Hall–Kier alpha value is -1.85. The molecule has 0 aliphatic carbocycles. The van der Waals surface area contributed by atoms with E-state index in [0.717, 1.165) is 6.42 Å². The molecule has 0 aliphatic rings. The molecule has 0 aromatic carbocycles. The SMILES string of the molecule is CCC[C@@H](NC(=O)c1ncoc1C)C(=O)NC. The van der Waals surface area contributed by atoms with E-state index in [1.165, 1.54) is 6.39 Å². The van der Waals surface area contributed by atoms with Gasteiger partial charge in [-0.2, -0.15) is 0 Å². The van der Waals surface area contributed by atoms with Gasteiger partial charge in [-0.25, -0.2) is 4.98 Å². The third-order valence-corrected chi connectivity index (χ3v) is 2.41. The third-order valence-electron chi connectivity index (χ3n) is 2.41. The van der Waals surface area contributed by atoms with Crippen LogP contribution in [-0.4, -0.2) is 29.9 Å². The third kappa shape index (κ3) is 3.30. The molecule has 0 spiro atoms. The number of amides is 2. The summed E-state index contributed by atoms with van der Waals surface area (Å²) in [5.41, 5.74) is 0.218. The molecule has 0 fully saturated rings. The summed E-state index contributed by atoms with van der Waals surface area (Å²) in [5.74, 6) is -0.158. The topological polar surface area (TPSA) is 84.2 Å².